The average molecular weight is 300 g/mol. The van der Waals surface area contributed by atoms with Crippen molar-refractivity contribution in [3.63, 3.8) is 0 Å². The molecule has 1 aromatic rings. The quantitative estimate of drug-likeness (QED) is 0.867. The number of carbonyl (C=O) groups excluding carboxylic acids is 1. The van der Waals surface area contributed by atoms with Crippen LogP contribution in [0.2, 0.25) is 0 Å². The van der Waals surface area contributed by atoms with Crippen LogP contribution in [0.1, 0.15) is 19.4 Å². The van der Waals surface area contributed by atoms with Crippen LogP contribution in [0.15, 0.2) is 22.7 Å². The minimum Gasteiger partial charge on any atom is -0.368 e. The first-order valence-corrected chi connectivity index (χ1v) is 6.28. The Morgan fingerprint density at radius 3 is 2.59 bits per heavy atom. The summed E-state index contributed by atoms with van der Waals surface area (Å²) < 4.78 is 0.976. The van der Waals surface area contributed by atoms with Gasteiger partial charge in [0.25, 0.3) is 0 Å². The summed E-state index contributed by atoms with van der Waals surface area (Å²) in [7, 11) is 0. The first-order chi connectivity index (χ1) is 7.95. The molecule has 0 bridgehead atoms. The highest BCUT2D eigenvalue weighted by atomic mass is 79.9. The minimum atomic E-state index is -0.343. The molecule has 0 heterocycles. The number of amides is 1. The lowest BCUT2D eigenvalue weighted by atomic mass is 10.1. The van der Waals surface area contributed by atoms with Crippen molar-refractivity contribution >= 4 is 27.5 Å². The fourth-order valence-corrected chi connectivity index (χ4v) is 2.12. The lowest BCUT2D eigenvalue weighted by Gasteiger charge is -2.29. The standard InChI is InChI=1S/C12H18BrN3O/c1-8(2)16(7-12(15)17)11-4-3-10(13)5-9(11)6-14/h3-5,8H,6-7,14H2,1-2H3,(H2,15,17). The molecule has 4 nitrogen and oxygen atoms in total. The third-order valence-corrected chi connectivity index (χ3v) is 3.01. The van der Waals surface area contributed by atoms with Crippen molar-refractivity contribution in [3.05, 3.63) is 28.2 Å². The molecule has 0 aliphatic rings. The van der Waals surface area contributed by atoms with E-state index in [2.05, 4.69) is 15.9 Å². The fourth-order valence-electron chi connectivity index (χ4n) is 1.71. The number of nitrogens with zero attached hydrogens (tertiary/aromatic N) is 1. The molecule has 17 heavy (non-hydrogen) atoms. The van der Waals surface area contributed by atoms with Gasteiger partial charge in [0.15, 0.2) is 0 Å². The molecule has 5 heteroatoms. The highest BCUT2D eigenvalue weighted by molar-refractivity contribution is 9.10. The Kier molecular flexibility index (Phi) is 4.96. The Morgan fingerprint density at radius 1 is 1.47 bits per heavy atom. The van der Waals surface area contributed by atoms with Crippen molar-refractivity contribution in [2.24, 2.45) is 11.5 Å². The molecule has 0 fully saturated rings. The molecular formula is C12H18BrN3O. The van der Waals surface area contributed by atoms with E-state index >= 15 is 0 Å². The first kappa shape index (κ1) is 14.0. The van der Waals surface area contributed by atoms with Gasteiger partial charge in [0.1, 0.15) is 0 Å². The molecule has 1 amide bonds. The van der Waals surface area contributed by atoms with Gasteiger partial charge < -0.3 is 16.4 Å². The fraction of sp³-hybridized carbons (Fsp3) is 0.417. The minimum absolute atomic E-state index is 0.189. The van der Waals surface area contributed by atoms with Crippen LogP contribution < -0.4 is 16.4 Å². The Hall–Kier alpha value is -1.07. The molecule has 4 N–H and O–H groups in total. The molecule has 0 aliphatic heterocycles. The van der Waals surface area contributed by atoms with Crippen LogP contribution in [-0.4, -0.2) is 18.5 Å². The summed E-state index contributed by atoms with van der Waals surface area (Å²) in [5.74, 6) is -0.343. The van der Waals surface area contributed by atoms with Crippen LogP contribution >= 0.6 is 15.9 Å². The molecule has 94 valence electrons. The zero-order valence-electron chi connectivity index (χ0n) is 10.1. The van der Waals surface area contributed by atoms with E-state index in [0.717, 1.165) is 15.7 Å². The third kappa shape index (κ3) is 3.71. The van der Waals surface area contributed by atoms with Crippen molar-refractivity contribution < 1.29 is 4.79 Å². The predicted octanol–water partition coefficient (Wildman–Crippen LogP) is 1.61. The smallest absolute Gasteiger partial charge is 0.236 e. The second kappa shape index (κ2) is 6.02. The summed E-state index contributed by atoms with van der Waals surface area (Å²) in [5.41, 5.74) is 13.0. The summed E-state index contributed by atoms with van der Waals surface area (Å²) in [6, 6.07) is 6.04. The molecule has 0 radical (unpaired) electrons. The predicted molar refractivity (Wildman–Crippen MR) is 73.7 cm³/mol. The number of primary amides is 1. The molecule has 0 saturated carbocycles. The summed E-state index contributed by atoms with van der Waals surface area (Å²) >= 11 is 3.41. The highest BCUT2D eigenvalue weighted by Gasteiger charge is 2.16. The second-order valence-electron chi connectivity index (χ2n) is 4.17. The van der Waals surface area contributed by atoms with E-state index in [9.17, 15) is 4.79 Å². The van der Waals surface area contributed by atoms with E-state index in [4.69, 9.17) is 11.5 Å². The van der Waals surface area contributed by atoms with Crippen LogP contribution in [0.3, 0.4) is 0 Å². The Morgan fingerprint density at radius 2 is 2.12 bits per heavy atom. The van der Waals surface area contributed by atoms with Gasteiger partial charge in [0.2, 0.25) is 5.91 Å². The zero-order valence-corrected chi connectivity index (χ0v) is 11.7. The van der Waals surface area contributed by atoms with Gasteiger partial charge in [-0.2, -0.15) is 0 Å². The van der Waals surface area contributed by atoms with E-state index in [1.165, 1.54) is 0 Å². The number of hydrogen-bond donors (Lipinski definition) is 2. The number of benzene rings is 1. The summed E-state index contributed by atoms with van der Waals surface area (Å²) in [6.07, 6.45) is 0. The van der Waals surface area contributed by atoms with Crippen LogP contribution in [0, 0.1) is 0 Å². The van der Waals surface area contributed by atoms with E-state index in [1.54, 1.807) is 0 Å². The Bertz CT molecular complexity index is 407. The van der Waals surface area contributed by atoms with Gasteiger partial charge in [0.05, 0.1) is 6.54 Å². The number of hydrogen-bond acceptors (Lipinski definition) is 3. The molecular weight excluding hydrogens is 282 g/mol. The van der Waals surface area contributed by atoms with Gasteiger partial charge in [-0.3, -0.25) is 4.79 Å². The van der Waals surface area contributed by atoms with Gasteiger partial charge in [0, 0.05) is 22.7 Å². The maximum atomic E-state index is 11.1. The summed E-state index contributed by atoms with van der Waals surface area (Å²) in [5, 5.41) is 0. The third-order valence-electron chi connectivity index (χ3n) is 2.52. The SMILES string of the molecule is CC(C)N(CC(N)=O)c1ccc(Br)cc1CN. The zero-order chi connectivity index (χ0) is 13.0. The van der Waals surface area contributed by atoms with Crippen molar-refractivity contribution in [2.45, 2.75) is 26.4 Å². The van der Waals surface area contributed by atoms with Gasteiger partial charge in [-0.05, 0) is 37.6 Å². The van der Waals surface area contributed by atoms with E-state index in [1.807, 2.05) is 36.9 Å². The number of rotatable bonds is 5. The van der Waals surface area contributed by atoms with Gasteiger partial charge in [-0.25, -0.2) is 0 Å². The molecule has 1 aromatic carbocycles. The monoisotopic (exact) mass is 299 g/mol. The lowest BCUT2D eigenvalue weighted by Crippen LogP contribution is -2.39. The normalized spacial score (nSPS) is 10.6. The number of halogens is 1. The molecule has 0 aliphatic carbocycles. The maximum absolute atomic E-state index is 11.1. The Labute approximate surface area is 110 Å². The van der Waals surface area contributed by atoms with Gasteiger partial charge in [-0.1, -0.05) is 15.9 Å². The highest BCUT2D eigenvalue weighted by Crippen LogP contribution is 2.25. The number of carbonyl (C=O) groups is 1. The lowest BCUT2D eigenvalue weighted by molar-refractivity contribution is -0.116. The van der Waals surface area contributed by atoms with E-state index < -0.39 is 0 Å². The first-order valence-electron chi connectivity index (χ1n) is 5.49. The van der Waals surface area contributed by atoms with Crippen LogP contribution in [-0.2, 0) is 11.3 Å². The number of nitrogens with two attached hydrogens (primary N) is 2. The molecule has 1 rings (SSSR count). The van der Waals surface area contributed by atoms with Crippen LogP contribution in [0.25, 0.3) is 0 Å². The average Bonchev–Trinajstić information content (AvgIpc) is 2.25. The molecule has 0 unspecified atom stereocenters. The molecule has 0 atom stereocenters. The molecule has 0 spiro atoms. The maximum Gasteiger partial charge on any atom is 0.236 e. The van der Waals surface area contributed by atoms with E-state index in [-0.39, 0.29) is 18.5 Å². The second-order valence-corrected chi connectivity index (χ2v) is 5.08. The molecule has 0 saturated heterocycles. The van der Waals surface area contributed by atoms with Gasteiger partial charge >= 0.3 is 0 Å². The number of anilines is 1. The summed E-state index contributed by atoms with van der Waals surface area (Å²) in [6.45, 7) is 4.67. The van der Waals surface area contributed by atoms with Crippen LogP contribution in [0.4, 0.5) is 5.69 Å². The van der Waals surface area contributed by atoms with Crippen molar-refractivity contribution in [2.75, 3.05) is 11.4 Å². The van der Waals surface area contributed by atoms with Crippen molar-refractivity contribution in [1.29, 1.82) is 0 Å². The van der Waals surface area contributed by atoms with Crippen molar-refractivity contribution in [3.8, 4) is 0 Å². The topological polar surface area (TPSA) is 72.3 Å². The summed E-state index contributed by atoms with van der Waals surface area (Å²) in [4.78, 5) is 13.0. The van der Waals surface area contributed by atoms with Gasteiger partial charge in [-0.15, -0.1) is 0 Å². The largest absolute Gasteiger partial charge is 0.368 e. The van der Waals surface area contributed by atoms with Crippen molar-refractivity contribution in [1.82, 2.24) is 0 Å². The Balaban J connectivity index is 3.13. The molecule has 0 aromatic heterocycles. The van der Waals surface area contributed by atoms with Crippen LogP contribution in [0.5, 0.6) is 0 Å². The van der Waals surface area contributed by atoms with E-state index in [0.29, 0.717) is 6.54 Å².